The van der Waals surface area contributed by atoms with Gasteiger partial charge in [-0.1, -0.05) is 61.9 Å². The van der Waals surface area contributed by atoms with E-state index < -0.39 is 17.7 Å². The monoisotopic (exact) mass is 415 g/mol. The highest BCUT2D eigenvalue weighted by molar-refractivity contribution is 6.46. The third-order valence-electron chi connectivity index (χ3n) is 5.72. The summed E-state index contributed by atoms with van der Waals surface area (Å²) in [5.41, 5.74) is 1.36. The summed E-state index contributed by atoms with van der Waals surface area (Å²) in [6, 6.07) is 20.0. The minimum Gasteiger partial charge on any atom is -0.507 e. The zero-order valence-electron chi connectivity index (χ0n) is 17.7. The van der Waals surface area contributed by atoms with E-state index in [9.17, 15) is 14.7 Å². The van der Waals surface area contributed by atoms with Crippen molar-refractivity contribution in [2.75, 3.05) is 13.7 Å². The second kappa shape index (κ2) is 8.64. The maximum Gasteiger partial charge on any atom is 0.295 e. The van der Waals surface area contributed by atoms with Crippen LogP contribution in [-0.4, -0.2) is 35.4 Å². The number of carbonyl (C=O) groups excluding carboxylic acids is 2. The Labute approximate surface area is 181 Å². The van der Waals surface area contributed by atoms with E-state index in [4.69, 9.17) is 4.74 Å². The van der Waals surface area contributed by atoms with Gasteiger partial charge in [-0.25, -0.2) is 0 Å². The molecule has 5 heteroatoms. The SMILES string of the molecule is CCCCN1C(=O)C(=O)/C(=C(\O)c2ccc3ccccc3c2)C1c1cccc(OC)c1. The molecule has 0 saturated carbocycles. The molecule has 4 rings (SSSR count). The Balaban J connectivity index is 1.88. The first-order valence-corrected chi connectivity index (χ1v) is 10.5. The predicted molar refractivity (Wildman–Crippen MR) is 121 cm³/mol. The number of rotatable bonds is 6. The molecule has 0 bridgehead atoms. The third-order valence-corrected chi connectivity index (χ3v) is 5.72. The quantitative estimate of drug-likeness (QED) is 0.347. The molecular weight excluding hydrogens is 390 g/mol. The highest BCUT2D eigenvalue weighted by atomic mass is 16.5. The number of benzene rings is 3. The average molecular weight is 415 g/mol. The second-order valence-electron chi connectivity index (χ2n) is 7.68. The molecule has 1 saturated heterocycles. The molecule has 1 unspecified atom stereocenters. The Hall–Kier alpha value is -3.60. The average Bonchev–Trinajstić information content (AvgIpc) is 3.06. The van der Waals surface area contributed by atoms with Crippen molar-refractivity contribution >= 4 is 28.2 Å². The maximum absolute atomic E-state index is 13.1. The highest BCUT2D eigenvalue weighted by Crippen LogP contribution is 2.40. The van der Waals surface area contributed by atoms with Crippen molar-refractivity contribution in [1.29, 1.82) is 0 Å². The molecule has 0 spiro atoms. The fourth-order valence-corrected chi connectivity index (χ4v) is 4.09. The number of methoxy groups -OCH3 is 1. The number of aliphatic hydroxyl groups excluding tert-OH is 1. The number of ketones is 1. The van der Waals surface area contributed by atoms with Gasteiger partial charge in [-0.3, -0.25) is 9.59 Å². The Morgan fingerprint density at radius 1 is 1.00 bits per heavy atom. The van der Waals surface area contributed by atoms with Gasteiger partial charge in [0.15, 0.2) is 0 Å². The molecule has 1 aliphatic heterocycles. The zero-order chi connectivity index (χ0) is 22.0. The Bertz CT molecular complexity index is 1180. The van der Waals surface area contributed by atoms with Crippen LogP contribution in [-0.2, 0) is 9.59 Å². The molecule has 1 heterocycles. The van der Waals surface area contributed by atoms with E-state index in [1.165, 1.54) is 0 Å². The molecule has 1 aliphatic rings. The smallest absolute Gasteiger partial charge is 0.295 e. The number of fused-ring (bicyclic) bond motifs is 1. The van der Waals surface area contributed by atoms with Crippen LogP contribution in [0.4, 0.5) is 0 Å². The van der Waals surface area contributed by atoms with Crippen molar-refractivity contribution in [3.8, 4) is 5.75 Å². The van der Waals surface area contributed by atoms with Crippen molar-refractivity contribution in [2.45, 2.75) is 25.8 Å². The predicted octanol–water partition coefficient (Wildman–Crippen LogP) is 5.07. The van der Waals surface area contributed by atoms with Gasteiger partial charge in [-0.05, 0) is 41.0 Å². The van der Waals surface area contributed by atoms with Crippen LogP contribution < -0.4 is 4.74 Å². The van der Waals surface area contributed by atoms with Crippen molar-refractivity contribution in [2.24, 2.45) is 0 Å². The summed E-state index contributed by atoms with van der Waals surface area (Å²) in [6.45, 7) is 2.48. The van der Waals surface area contributed by atoms with E-state index in [1.807, 2.05) is 67.6 Å². The summed E-state index contributed by atoms with van der Waals surface area (Å²) in [5, 5.41) is 13.2. The van der Waals surface area contributed by atoms with Crippen molar-refractivity contribution in [3.05, 3.63) is 83.4 Å². The van der Waals surface area contributed by atoms with E-state index in [0.717, 1.165) is 29.2 Å². The Morgan fingerprint density at radius 3 is 2.52 bits per heavy atom. The Morgan fingerprint density at radius 2 is 1.77 bits per heavy atom. The fraction of sp³-hybridized carbons (Fsp3) is 0.231. The number of amides is 1. The summed E-state index contributed by atoms with van der Waals surface area (Å²) >= 11 is 0. The van der Waals surface area contributed by atoms with Crippen molar-refractivity contribution in [3.63, 3.8) is 0 Å². The zero-order valence-corrected chi connectivity index (χ0v) is 17.7. The number of nitrogens with zero attached hydrogens (tertiary/aromatic N) is 1. The van der Waals surface area contributed by atoms with Crippen LogP contribution in [0.2, 0.25) is 0 Å². The second-order valence-corrected chi connectivity index (χ2v) is 7.68. The van der Waals surface area contributed by atoms with Crippen molar-refractivity contribution in [1.82, 2.24) is 4.90 Å². The molecule has 3 aromatic rings. The number of unbranched alkanes of at least 4 members (excludes halogenated alkanes) is 1. The largest absolute Gasteiger partial charge is 0.507 e. The Kier molecular flexibility index (Phi) is 5.76. The molecule has 1 atom stereocenters. The van der Waals surface area contributed by atoms with Crippen LogP contribution in [0, 0.1) is 0 Å². The maximum atomic E-state index is 13.1. The minimum atomic E-state index is -0.659. The van der Waals surface area contributed by atoms with Gasteiger partial charge in [0.1, 0.15) is 11.5 Å². The van der Waals surface area contributed by atoms with Gasteiger partial charge >= 0.3 is 0 Å². The first-order valence-electron chi connectivity index (χ1n) is 10.5. The molecule has 3 aromatic carbocycles. The molecule has 0 aromatic heterocycles. The number of hydrogen-bond acceptors (Lipinski definition) is 4. The minimum absolute atomic E-state index is 0.115. The fourth-order valence-electron chi connectivity index (χ4n) is 4.09. The van der Waals surface area contributed by atoms with Gasteiger partial charge in [0.25, 0.3) is 11.7 Å². The summed E-state index contributed by atoms with van der Waals surface area (Å²) in [6.07, 6.45) is 1.65. The lowest BCUT2D eigenvalue weighted by atomic mass is 9.94. The standard InChI is InChI=1S/C26H25NO4/c1-3-4-14-27-23(19-10-7-11-21(16-19)31-2)22(25(29)26(27)30)24(28)20-13-12-17-8-5-6-9-18(17)15-20/h5-13,15-16,23,28H,3-4,14H2,1-2H3/b24-22-. The van der Waals surface area contributed by atoms with Crippen LogP contribution in [0.25, 0.3) is 16.5 Å². The first kappa shape index (κ1) is 20.7. The van der Waals surface area contributed by atoms with Gasteiger partial charge < -0.3 is 14.7 Å². The topological polar surface area (TPSA) is 66.8 Å². The number of ether oxygens (including phenoxy) is 1. The summed E-state index contributed by atoms with van der Waals surface area (Å²) in [4.78, 5) is 27.5. The van der Waals surface area contributed by atoms with Gasteiger partial charge in [0.2, 0.25) is 0 Å². The summed E-state index contributed by atoms with van der Waals surface area (Å²) in [5.74, 6) is -0.765. The number of Topliss-reactive ketones (excluding diaryl/α,β-unsaturated/α-hetero) is 1. The molecule has 1 fully saturated rings. The van der Waals surface area contributed by atoms with Crippen LogP contribution >= 0.6 is 0 Å². The van der Waals surface area contributed by atoms with Crippen LogP contribution in [0.15, 0.2) is 72.3 Å². The van der Waals surface area contributed by atoms with Crippen LogP contribution in [0.1, 0.15) is 36.9 Å². The molecule has 1 amide bonds. The number of likely N-dealkylation sites (tertiary alicyclic amines) is 1. The molecule has 5 nitrogen and oxygen atoms in total. The van der Waals surface area contributed by atoms with E-state index in [2.05, 4.69) is 0 Å². The van der Waals surface area contributed by atoms with Gasteiger partial charge in [0, 0.05) is 12.1 Å². The van der Waals surface area contributed by atoms with Gasteiger partial charge in [-0.15, -0.1) is 0 Å². The van der Waals surface area contributed by atoms with Crippen LogP contribution in [0.5, 0.6) is 5.75 Å². The highest BCUT2D eigenvalue weighted by Gasteiger charge is 2.45. The van der Waals surface area contributed by atoms with Crippen LogP contribution in [0.3, 0.4) is 0 Å². The van der Waals surface area contributed by atoms with Crippen molar-refractivity contribution < 1.29 is 19.4 Å². The molecule has 0 radical (unpaired) electrons. The molecular formula is C26H25NO4. The van der Waals surface area contributed by atoms with E-state index in [-0.39, 0.29) is 11.3 Å². The molecule has 31 heavy (non-hydrogen) atoms. The van der Waals surface area contributed by atoms with Gasteiger partial charge in [0.05, 0.1) is 18.7 Å². The lowest BCUT2D eigenvalue weighted by Gasteiger charge is -2.25. The van der Waals surface area contributed by atoms with Gasteiger partial charge in [-0.2, -0.15) is 0 Å². The van der Waals surface area contributed by atoms with E-state index in [0.29, 0.717) is 17.9 Å². The molecule has 0 aliphatic carbocycles. The normalized spacial score (nSPS) is 18.0. The third kappa shape index (κ3) is 3.79. The summed E-state index contributed by atoms with van der Waals surface area (Å²) in [7, 11) is 1.57. The molecule has 158 valence electrons. The lowest BCUT2D eigenvalue weighted by molar-refractivity contribution is -0.139. The van der Waals surface area contributed by atoms with E-state index in [1.54, 1.807) is 18.1 Å². The van der Waals surface area contributed by atoms with E-state index >= 15 is 0 Å². The number of aliphatic hydroxyl groups is 1. The number of carbonyl (C=O) groups is 2. The number of hydrogen-bond donors (Lipinski definition) is 1. The lowest BCUT2D eigenvalue weighted by Crippen LogP contribution is -2.30. The first-order chi connectivity index (χ1) is 15.0. The molecule has 1 N–H and O–H groups in total. The summed E-state index contributed by atoms with van der Waals surface area (Å²) < 4.78 is 5.35.